The van der Waals surface area contributed by atoms with Gasteiger partial charge < -0.3 is 15.6 Å². The van der Waals surface area contributed by atoms with Crippen molar-refractivity contribution in [3.05, 3.63) is 28.2 Å². The molecule has 104 valence electrons. The van der Waals surface area contributed by atoms with Crippen LogP contribution in [0.3, 0.4) is 0 Å². The van der Waals surface area contributed by atoms with E-state index in [0.29, 0.717) is 16.8 Å². The Labute approximate surface area is 119 Å². The summed E-state index contributed by atoms with van der Waals surface area (Å²) in [7, 11) is 0. The molecule has 3 N–H and O–H groups in total. The molecule has 0 aliphatic heterocycles. The minimum absolute atomic E-state index is 0. The SMILES string of the molecule is CCOc1ccc(Br)cc1[C@H](N)C(F)(F)CO.Cl. The number of alkyl halides is 2. The van der Waals surface area contributed by atoms with Crippen molar-refractivity contribution in [2.75, 3.05) is 13.2 Å². The van der Waals surface area contributed by atoms with Crippen molar-refractivity contribution in [1.29, 1.82) is 0 Å². The molecule has 0 saturated heterocycles. The first-order valence-corrected chi connectivity index (χ1v) is 5.88. The first-order chi connectivity index (χ1) is 7.92. The van der Waals surface area contributed by atoms with Gasteiger partial charge in [-0.25, -0.2) is 8.78 Å². The van der Waals surface area contributed by atoms with E-state index in [0.717, 1.165) is 0 Å². The molecule has 0 aliphatic carbocycles. The van der Waals surface area contributed by atoms with Crippen molar-refractivity contribution in [3.8, 4) is 5.75 Å². The molecule has 0 unspecified atom stereocenters. The average molecular weight is 347 g/mol. The van der Waals surface area contributed by atoms with Crippen LogP contribution in [-0.4, -0.2) is 24.2 Å². The van der Waals surface area contributed by atoms with Gasteiger partial charge in [-0.05, 0) is 25.1 Å². The van der Waals surface area contributed by atoms with E-state index in [1.54, 1.807) is 19.1 Å². The summed E-state index contributed by atoms with van der Waals surface area (Å²) in [4.78, 5) is 0. The molecule has 1 aromatic rings. The molecule has 0 fully saturated rings. The van der Waals surface area contributed by atoms with Crippen molar-refractivity contribution in [1.82, 2.24) is 0 Å². The highest BCUT2D eigenvalue weighted by molar-refractivity contribution is 9.10. The van der Waals surface area contributed by atoms with E-state index in [-0.39, 0.29) is 18.0 Å². The molecule has 0 aromatic heterocycles. The second kappa shape index (κ2) is 7.23. The van der Waals surface area contributed by atoms with E-state index < -0.39 is 18.6 Å². The third kappa shape index (κ3) is 4.05. The quantitative estimate of drug-likeness (QED) is 0.862. The Morgan fingerprint density at radius 2 is 2.11 bits per heavy atom. The molecule has 0 radical (unpaired) electrons. The van der Waals surface area contributed by atoms with E-state index in [1.807, 2.05) is 0 Å². The summed E-state index contributed by atoms with van der Waals surface area (Å²) in [5, 5.41) is 8.63. The highest BCUT2D eigenvalue weighted by atomic mass is 79.9. The zero-order valence-corrected chi connectivity index (χ0v) is 12.1. The molecule has 3 nitrogen and oxygen atoms in total. The number of nitrogens with two attached hydrogens (primary N) is 1. The summed E-state index contributed by atoms with van der Waals surface area (Å²) >= 11 is 3.19. The van der Waals surface area contributed by atoms with Crippen LogP contribution in [0.1, 0.15) is 18.5 Å². The maximum absolute atomic E-state index is 13.3. The maximum atomic E-state index is 13.3. The first kappa shape index (κ1) is 17.6. The molecule has 7 heteroatoms. The molecule has 0 spiro atoms. The largest absolute Gasteiger partial charge is 0.494 e. The molecular formula is C11H15BrClF2NO2. The molecule has 1 rings (SSSR count). The van der Waals surface area contributed by atoms with Crippen molar-refractivity contribution < 1.29 is 18.6 Å². The van der Waals surface area contributed by atoms with Gasteiger partial charge >= 0.3 is 0 Å². The van der Waals surface area contributed by atoms with Crippen LogP contribution < -0.4 is 10.5 Å². The monoisotopic (exact) mass is 345 g/mol. The first-order valence-electron chi connectivity index (χ1n) is 5.09. The van der Waals surface area contributed by atoms with Crippen LogP contribution in [0.25, 0.3) is 0 Å². The Morgan fingerprint density at radius 1 is 1.50 bits per heavy atom. The van der Waals surface area contributed by atoms with Gasteiger partial charge in [-0.1, -0.05) is 15.9 Å². The fraction of sp³-hybridized carbons (Fsp3) is 0.455. The lowest BCUT2D eigenvalue weighted by atomic mass is 10.0. The standard InChI is InChI=1S/C11H14BrF2NO2.ClH/c1-2-17-9-4-3-7(12)5-8(9)10(15)11(13,14)6-16;/h3-5,10,16H,2,6,15H2,1H3;1H/t10-;/m0./s1. The summed E-state index contributed by atoms with van der Waals surface area (Å²) in [5.41, 5.74) is 5.64. The highest BCUT2D eigenvalue weighted by Crippen LogP contribution is 2.35. The normalized spacial score (nSPS) is 12.8. The highest BCUT2D eigenvalue weighted by Gasteiger charge is 2.38. The lowest BCUT2D eigenvalue weighted by Gasteiger charge is -2.23. The Bertz CT molecular complexity index is 393. The van der Waals surface area contributed by atoms with Crippen molar-refractivity contribution >= 4 is 28.3 Å². The zero-order valence-electron chi connectivity index (χ0n) is 9.70. The number of hydrogen-bond donors (Lipinski definition) is 2. The van der Waals surface area contributed by atoms with Crippen LogP contribution in [0, 0.1) is 0 Å². The molecule has 1 atom stereocenters. The van der Waals surface area contributed by atoms with Gasteiger partial charge in [-0.3, -0.25) is 0 Å². The van der Waals surface area contributed by atoms with E-state index >= 15 is 0 Å². The van der Waals surface area contributed by atoms with Crippen molar-refractivity contribution in [2.45, 2.75) is 18.9 Å². The van der Waals surface area contributed by atoms with Gasteiger partial charge in [0.25, 0.3) is 5.92 Å². The van der Waals surface area contributed by atoms with Gasteiger partial charge in [-0.2, -0.15) is 0 Å². The van der Waals surface area contributed by atoms with Gasteiger partial charge in [0, 0.05) is 10.0 Å². The Balaban J connectivity index is 0.00000289. The fourth-order valence-corrected chi connectivity index (χ4v) is 1.75. The topological polar surface area (TPSA) is 55.5 Å². The number of halogens is 4. The average Bonchev–Trinajstić information content (AvgIpc) is 2.30. The van der Waals surface area contributed by atoms with Crippen LogP contribution >= 0.6 is 28.3 Å². The number of aliphatic hydroxyl groups is 1. The molecular weight excluding hydrogens is 331 g/mol. The second-order valence-electron chi connectivity index (χ2n) is 3.51. The van der Waals surface area contributed by atoms with Crippen LogP contribution in [0.4, 0.5) is 8.78 Å². The molecule has 0 amide bonds. The predicted octanol–water partition coefficient (Wildman–Crippen LogP) is 2.90. The smallest absolute Gasteiger partial charge is 0.289 e. The predicted molar refractivity (Wildman–Crippen MR) is 71.5 cm³/mol. The summed E-state index contributed by atoms with van der Waals surface area (Å²) < 4.78 is 32.5. The summed E-state index contributed by atoms with van der Waals surface area (Å²) in [6.45, 7) is 0.805. The Kier molecular flexibility index (Phi) is 7.06. The maximum Gasteiger partial charge on any atom is 0.289 e. The van der Waals surface area contributed by atoms with Crippen LogP contribution in [0.15, 0.2) is 22.7 Å². The number of rotatable bonds is 5. The van der Waals surface area contributed by atoms with Crippen molar-refractivity contribution in [3.63, 3.8) is 0 Å². The lowest BCUT2D eigenvalue weighted by Crippen LogP contribution is -2.36. The minimum atomic E-state index is -3.38. The zero-order chi connectivity index (χ0) is 13.1. The molecule has 0 bridgehead atoms. The molecule has 18 heavy (non-hydrogen) atoms. The van der Waals surface area contributed by atoms with E-state index in [2.05, 4.69) is 15.9 Å². The lowest BCUT2D eigenvalue weighted by molar-refractivity contribution is -0.0716. The number of benzene rings is 1. The van der Waals surface area contributed by atoms with Gasteiger partial charge in [0.05, 0.1) is 6.61 Å². The van der Waals surface area contributed by atoms with E-state index in [1.165, 1.54) is 6.07 Å². The van der Waals surface area contributed by atoms with Gasteiger partial charge in [0.15, 0.2) is 0 Å². The van der Waals surface area contributed by atoms with Crippen LogP contribution in [-0.2, 0) is 0 Å². The molecule has 0 aliphatic rings. The Hall–Kier alpha value is -0.430. The number of hydrogen-bond acceptors (Lipinski definition) is 3. The minimum Gasteiger partial charge on any atom is -0.494 e. The van der Waals surface area contributed by atoms with Gasteiger partial charge in [-0.15, -0.1) is 12.4 Å². The third-order valence-corrected chi connectivity index (χ3v) is 2.77. The van der Waals surface area contributed by atoms with Crippen LogP contribution in [0.5, 0.6) is 5.75 Å². The summed E-state index contributed by atoms with van der Waals surface area (Å²) in [6.07, 6.45) is 0. The fourth-order valence-electron chi connectivity index (χ4n) is 1.38. The number of aliphatic hydroxyl groups excluding tert-OH is 1. The van der Waals surface area contributed by atoms with E-state index in [4.69, 9.17) is 15.6 Å². The van der Waals surface area contributed by atoms with Crippen molar-refractivity contribution in [2.24, 2.45) is 5.73 Å². The molecule has 1 aromatic carbocycles. The molecule has 0 heterocycles. The second-order valence-corrected chi connectivity index (χ2v) is 4.43. The molecule has 0 saturated carbocycles. The Morgan fingerprint density at radius 3 is 2.61 bits per heavy atom. The van der Waals surface area contributed by atoms with Gasteiger partial charge in [0.1, 0.15) is 18.4 Å². The summed E-state index contributed by atoms with van der Waals surface area (Å²) in [6, 6.07) is 3.11. The van der Waals surface area contributed by atoms with E-state index in [9.17, 15) is 8.78 Å². The van der Waals surface area contributed by atoms with Gasteiger partial charge in [0.2, 0.25) is 0 Å². The third-order valence-electron chi connectivity index (χ3n) is 2.27. The summed E-state index contributed by atoms with van der Waals surface area (Å²) in [5.74, 6) is -3.08. The van der Waals surface area contributed by atoms with Crippen LogP contribution in [0.2, 0.25) is 0 Å². The number of ether oxygens (including phenoxy) is 1.